The summed E-state index contributed by atoms with van der Waals surface area (Å²) in [4.78, 5) is 0. The summed E-state index contributed by atoms with van der Waals surface area (Å²) in [6, 6.07) is 4.33. The molecular weight excluding hydrogens is 212 g/mol. The van der Waals surface area contributed by atoms with Crippen LogP contribution in [0.5, 0.6) is 0 Å². The van der Waals surface area contributed by atoms with E-state index in [2.05, 4.69) is 38.0 Å². The van der Waals surface area contributed by atoms with E-state index in [-0.39, 0.29) is 6.61 Å². The zero-order valence-corrected chi connectivity index (χ0v) is 10.6. The molecule has 0 spiro atoms. The van der Waals surface area contributed by atoms with Gasteiger partial charge in [-0.3, -0.25) is 0 Å². The average molecular weight is 230 g/mol. The van der Waals surface area contributed by atoms with Crippen LogP contribution >= 0.6 is 0 Å². The molecule has 0 saturated heterocycles. The normalized spacial score (nSPS) is 10.8. The van der Waals surface area contributed by atoms with E-state index in [1.54, 1.807) is 0 Å². The molecule has 3 nitrogen and oxygen atoms in total. The van der Waals surface area contributed by atoms with E-state index in [1.807, 2.05) is 17.1 Å². The Balaban J connectivity index is 2.41. The lowest BCUT2D eigenvalue weighted by atomic mass is 10.1. The number of benzene rings is 1. The average Bonchev–Trinajstić information content (AvgIpc) is 2.72. The lowest BCUT2D eigenvalue weighted by Crippen LogP contribution is -1.99. The van der Waals surface area contributed by atoms with Crippen LogP contribution in [0.15, 0.2) is 24.5 Å². The molecule has 0 saturated carbocycles. The molecule has 1 aromatic heterocycles. The summed E-state index contributed by atoms with van der Waals surface area (Å²) in [5.74, 6) is 0. The number of aryl methyl sites for hydroxylation is 3. The molecule has 0 unspecified atom stereocenters. The van der Waals surface area contributed by atoms with Gasteiger partial charge in [0, 0.05) is 12.8 Å². The summed E-state index contributed by atoms with van der Waals surface area (Å²) in [5, 5.41) is 13.2. The lowest BCUT2D eigenvalue weighted by Gasteiger charge is -2.09. The number of aliphatic hydroxyl groups excluding tert-OH is 1. The molecular formula is C14H18N2O. The van der Waals surface area contributed by atoms with E-state index < -0.39 is 0 Å². The Morgan fingerprint density at radius 2 is 1.82 bits per heavy atom. The van der Waals surface area contributed by atoms with Crippen molar-refractivity contribution in [3.63, 3.8) is 0 Å². The highest BCUT2D eigenvalue weighted by molar-refractivity contribution is 5.46. The zero-order valence-electron chi connectivity index (χ0n) is 10.6. The summed E-state index contributed by atoms with van der Waals surface area (Å²) in [7, 11) is 0. The molecule has 1 N–H and O–H groups in total. The SMILES string of the molecule is Cc1cc(C)c(-n2cc(CCO)cn2)cc1C. The van der Waals surface area contributed by atoms with E-state index in [4.69, 9.17) is 5.11 Å². The second kappa shape index (κ2) is 4.72. The molecule has 0 radical (unpaired) electrons. The van der Waals surface area contributed by atoms with Crippen molar-refractivity contribution < 1.29 is 5.11 Å². The highest BCUT2D eigenvalue weighted by atomic mass is 16.2. The van der Waals surface area contributed by atoms with Crippen LogP contribution in [0.25, 0.3) is 5.69 Å². The van der Waals surface area contributed by atoms with Crippen LogP contribution < -0.4 is 0 Å². The molecule has 2 rings (SSSR count). The van der Waals surface area contributed by atoms with Crippen LogP contribution in [0.1, 0.15) is 22.3 Å². The predicted octanol–water partition coefficient (Wildman–Crippen LogP) is 2.33. The standard InChI is InChI=1S/C14H18N2O/c1-10-6-12(3)14(7-11(10)2)16-9-13(4-5-17)8-15-16/h6-9,17H,4-5H2,1-3H3. The molecule has 1 heterocycles. The fourth-order valence-corrected chi connectivity index (χ4v) is 1.94. The Bertz CT molecular complexity index is 529. The lowest BCUT2D eigenvalue weighted by molar-refractivity contribution is 0.299. The van der Waals surface area contributed by atoms with Crippen molar-refractivity contribution in [3.05, 3.63) is 46.8 Å². The highest BCUT2D eigenvalue weighted by Gasteiger charge is 2.05. The fraction of sp³-hybridized carbons (Fsp3) is 0.357. The Morgan fingerprint density at radius 3 is 2.53 bits per heavy atom. The first kappa shape index (κ1) is 11.9. The van der Waals surface area contributed by atoms with Crippen molar-refractivity contribution in [1.82, 2.24) is 9.78 Å². The van der Waals surface area contributed by atoms with Gasteiger partial charge in [0.25, 0.3) is 0 Å². The zero-order chi connectivity index (χ0) is 12.4. The summed E-state index contributed by atoms with van der Waals surface area (Å²) >= 11 is 0. The molecule has 90 valence electrons. The van der Waals surface area contributed by atoms with Crippen molar-refractivity contribution in [2.24, 2.45) is 0 Å². The number of hydrogen-bond acceptors (Lipinski definition) is 2. The van der Waals surface area contributed by atoms with E-state index in [0.29, 0.717) is 6.42 Å². The van der Waals surface area contributed by atoms with Gasteiger partial charge >= 0.3 is 0 Å². The molecule has 1 aromatic carbocycles. The Labute approximate surface area is 102 Å². The van der Waals surface area contributed by atoms with Gasteiger partial charge in [0.2, 0.25) is 0 Å². The van der Waals surface area contributed by atoms with Gasteiger partial charge in [0.05, 0.1) is 11.9 Å². The molecule has 0 aliphatic rings. The number of nitrogens with zero attached hydrogens (tertiary/aromatic N) is 2. The highest BCUT2D eigenvalue weighted by Crippen LogP contribution is 2.19. The summed E-state index contributed by atoms with van der Waals surface area (Å²) < 4.78 is 1.88. The van der Waals surface area contributed by atoms with Crippen molar-refractivity contribution in [2.45, 2.75) is 27.2 Å². The molecule has 17 heavy (non-hydrogen) atoms. The van der Waals surface area contributed by atoms with Crippen molar-refractivity contribution in [2.75, 3.05) is 6.61 Å². The Kier molecular flexibility index (Phi) is 3.29. The van der Waals surface area contributed by atoms with E-state index in [0.717, 1.165) is 11.3 Å². The van der Waals surface area contributed by atoms with Crippen molar-refractivity contribution >= 4 is 0 Å². The van der Waals surface area contributed by atoms with E-state index in [9.17, 15) is 0 Å². The monoisotopic (exact) mass is 230 g/mol. The second-order valence-corrected chi connectivity index (χ2v) is 4.49. The molecule has 0 atom stereocenters. The second-order valence-electron chi connectivity index (χ2n) is 4.49. The fourth-order valence-electron chi connectivity index (χ4n) is 1.94. The summed E-state index contributed by atoms with van der Waals surface area (Å²) in [5.41, 5.74) is 5.95. The molecule has 0 fully saturated rings. The summed E-state index contributed by atoms with van der Waals surface area (Å²) in [6.45, 7) is 6.48. The third-order valence-corrected chi connectivity index (χ3v) is 3.10. The molecule has 3 heteroatoms. The molecule has 0 aliphatic heterocycles. The maximum atomic E-state index is 8.90. The van der Waals surface area contributed by atoms with Crippen LogP contribution in [-0.2, 0) is 6.42 Å². The van der Waals surface area contributed by atoms with Gasteiger partial charge in [0.1, 0.15) is 0 Å². The van der Waals surface area contributed by atoms with Gasteiger partial charge in [-0.25, -0.2) is 4.68 Å². The minimum Gasteiger partial charge on any atom is -0.396 e. The minimum atomic E-state index is 0.164. The molecule has 0 bridgehead atoms. The largest absolute Gasteiger partial charge is 0.396 e. The Hall–Kier alpha value is -1.61. The topological polar surface area (TPSA) is 38.0 Å². The van der Waals surface area contributed by atoms with E-state index >= 15 is 0 Å². The number of hydrogen-bond donors (Lipinski definition) is 1. The first-order chi connectivity index (χ1) is 8.11. The molecule has 2 aromatic rings. The number of rotatable bonds is 3. The maximum Gasteiger partial charge on any atom is 0.0677 e. The Morgan fingerprint density at radius 1 is 1.12 bits per heavy atom. The van der Waals surface area contributed by atoms with Crippen LogP contribution in [0.3, 0.4) is 0 Å². The number of aliphatic hydroxyl groups is 1. The first-order valence-electron chi connectivity index (χ1n) is 5.84. The minimum absolute atomic E-state index is 0.164. The van der Waals surface area contributed by atoms with Crippen LogP contribution in [0, 0.1) is 20.8 Å². The van der Waals surface area contributed by atoms with Gasteiger partial charge in [-0.05, 0) is 55.5 Å². The van der Waals surface area contributed by atoms with Gasteiger partial charge < -0.3 is 5.11 Å². The van der Waals surface area contributed by atoms with Crippen molar-refractivity contribution in [1.29, 1.82) is 0 Å². The van der Waals surface area contributed by atoms with Gasteiger partial charge in [-0.15, -0.1) is 0 Å². The summed E-state index contributed by atoms with van der Waals surface area (Å²) in [6.07, 6.45) is 4.45. The van der Waals surface area contributed by atoms with Crippen LogP contribution in [-0.4, -0.2) is 21.5 Å². The third-order valence-electron chi connectivity index (χ3n) is 3.10. The quantitative estimate of drug-likeness (QED) is 0.878. The van der Waals surface area contributed by atoms with Crippen molar-refractivity contribution in [3.8, 4) is 5.69 Å². The van der Waals surface area contributed by atoms with Gasteiger partial charge in [-0.1, -0.05) is 6.07 Å². The smallest absolute Gasteiger partial charge is 0.0677 e. The third kappa shape index (κ3) is 2.39. The van der Waals surface area contributed by atoms with Crippen LogP contribution in [0.4, 0.5) is 0 Å². The maximum absolute atomic E-state index is 8.90. The van der Waals surface area contributed by atoms with Gasteiger partial charge in [0.15, 0.2) is 0 Å². The first-order valence-corrected chi connectivity index (χ1v) is 5.84. The van der Waals surface area contributed by atoms with Gasteiger partial charge in [-0.2, -0.15) is 5.10 Å². The van der Waals surface area contributed by atoms with Crippen LogP contribution in [0.2, 0.25) is 0 Å². The number of aromatic nitrogens is 2. The predicted molar refractivity (Wildman–Crippen MR) is 68.6 cm³/mol. The van der Waals surface area contributed by atoms with E-state index in [1.165, 1.54) is 16.7 Å². The molecule has 0 aliphatic carbocycles. The molecule has 0 amide bonds.